The standard InChI is InChI=1S/C38H19BN2O/c1-3-11-28-24(9-1)34-36-25(19-26-22-8-2-4-14-31(22)42-38(26)34)23-10-6-13-30-35(23)39(41(28)36)27-18-17-21-16-15-20-7-5-12-29-32(20)33(21)37(27)40(29)30/h1-19H. The Hall–Kier alpha value is -5.48. The predicted molar refractivity (Wildman–Crippen MR) is 176 cm³/mol. The van der Waals surface area contributed by atoms with Crippen molar-refractivity contribution in [3.8, 4) is 16.8 Å². The molecule has 0 atom stereocenters. The lowest BCUT2D eigenvalue weighted by Gasteiger charge is -2.34. The molecule has 4 heteroatoms. The molecule has 5 heterocycles. The molecule has 0 aliphatic carbocycles. The van der Waals surface area contributed by atoms with E-state index in [1.165, 1.54) is 92.9 Å². The number of furan rings is 1. The van der Waals surface area contributed by atoms with Crippen molar-refractivity contribution in [1.82, 2.24) is 9.05 Å². The molecule has 0 saturated carbocycles. The average molecular weight is 530 g/mol. The first-order chi connectivity index (χ1) is 20.9. The Balaban J connectivity index is 1.38. The van der Waals surface area contributed by atoms with Gasteiger partial charge in [-0.1, -0.05) is 84.9 Å². The maximum atomic E-state index is 6.67. The Morgan fingerprint density at radius 3 is 2.29 bits per heavy atom. The van der Waals surface area contributed by atoms with Crippen LogP contribution in [0.2, 0.25) is 0 Å². The molecular weight excluding hydrogens is 511 g/mol. The van der Waals surface area contributed by atoms with Crippen molar-refractivity contribution >= 4 is 94.1 Å². The lowest BCUT2D eigenvalue weighted by molar-refractivity contribution is 0.673. The third-order valence-corrected chi connectivity index (χ3v) is 10.2. The van der Waals surface area contributed by atoms with E-state index in [4.69, 9.17) is 4.42 Å². The van der Waals surface area contributed by atoms with Crippen LogP contribution in [0.5, 0.6) is 0 Å². The Morgan fingerprint density at radius 2 is 1.33 bits per heavy atom. The van der Waals surface area contributed by atoms with Gasteiger partial charge in [0.2, 0.25) is 0 Å². The van der Waals surface area contributed by atoms with Crippen molar-refractivity contribution in [3.63, 3.8) is 0 Å². The van der Waals surface area contributed by atoms with Gasteiger partial charge in [-0.2, -0.15) is 0 Å². The molecule has 12 rings (SSSR count). The molecule has 0 unspecified atom stereocenters. The van der Waals surface area contributed by atoms with Gasteiger partial charge in [-0.15, -0.1) is 0 Å². The summed E-state index contributed by atoms with van der Waals surface area (Å²) < 4.78 is 11.8. The molecule has 2 aliphatic heterocycles. The predicted octanol–water partition coefficient (Wildman–Crippen LogP) is 8.33. The van der Waals surface area contributed by atoms with Crippen LogP contribution < -0.4 is 10.9 Å². The first-order valence-electron chi connectivity index (χ1n) is 14.7. The number of fused-ring (bicyclic) bond motifs is 12. The normalized spacial score (nSPS) is 13.7. The summed E-state index contributed by atoms with van der Waals surface area (Å²) in [6.45, 7) is 0.0631. The number of rotatable bonds is 0. The summed E-state index contributed by atoms with van der Waals surface area (Å²) in [5, 5.41) is 10.2. The van der Waals surface area contributed by atoms with Crippen molar-refractivity contribution in [1.29, 1.82) is 0 Å². The van der Waals surface area contributed by atoms with Gasteiger partial charge < -0.3 is 13.5 Å². The molecule has 0 fully saturated rings. The summed E-state index contributed by atoms with van der Waals surface area (Å²) in [5.41, 5.74) is 13.7. The molecule has 7 aromatic carbocycles. The van der Waals surface area contributed by atoms with Crippen molar-refractivity contribution < 1.29 is 4.42 Å². The van der Waals surface area contributed by atoms with Crippen LogP contribution in [-0.4, -0.2) is 15.9 Å². The lowest BCUT2D eigenvalue weighted by atomic mass is 9.45. The van der Waals surface area contributed by atoms with Crippen LogP contribution in [0.4, 0.5) is 0 Å². The summed E-state index contributed by atoms with van der Waals surface area (Å²) in [6, 6.07) is 42.7. The van der Waals surface area contributed by atoms with Gasteiger partial charge in [-0.25, -0.2) is 0 Å². The summed E-state index contributed by atoms with van der Waals surface area (Å²) in [4.78, 5) is 0. The smallest absolute Gasteiger partial charge is 0.333 e. The Bertz CT molecular complexity index is 2860. The zero-order valence-corrected chi connectivity index (χ0v) is 22.3. The second-order valence-corrected chi connectivity index (χ2v) is 12.0. The van der Waals surface area contributed by atoms with Crippen LogP contribution >= 0.6 is 0 Å². The van der Waals surface area contributed by atoms with Gasteiger partial charge in [0, 0.05) is 49.2 Å². The number of nitrogens with zero attached hydrogens (tertiary/aromatic N) is 2. The van der Waals surface area contributed by atoms with Crippen LogP contribution in [0.1, 0.15) is 0 Å². The molecule has 10 aromatic rings. The number of benzene rings is 7. The number of hydrogen-bond acceptors (Lipinski definition) is 1. The van der Waals surface area contributed by atoms with Crippen LogP contribution in [0.25, 0.3) is 93.1 Å². The quantitative estimate of drug-likeness (QED) is 0.143. The van der Waals surface area contributed by atoms with Gasteiger partial charge in [-0.05, 0) is 57.6 Å². The highest BCUT2D eigenvalue weighted by Gasteiger charge is 2.42. The number of aromatic nitrogens is 2. The van der Waals surface area contributed by atoms with Crippen molar-refractivity contribution in [2.45, 2.75) is 0 Å². The fourth-order valence-electron chi connectivity index (χ4n) is 8.72. The Labute approximate surface area is 239 Å². The molecule has 0 bridgehead atoms. The first kappa shape index (κ1) is 20.4. The molecule has 42 heavy (non-hydrogen) atoms. The molecular formula is C38H19BN2O. The van der Waals surface area contributed by atoms with Crippen LogP contribution in [0, 0.1) is 0 Å². The van der Waals surface area contributed by atoms with E-state index in [2.05, 4.69) is 124 Å². The van der Waals surface area contributed by atoms with Crippen molar-refractivity contribution in [2.24, 2.45) is 0 Å². The summed E-state index contributed by atoms with van der Waals surface area (Å²) in [5.74, 6) is 0. The molecule has 0 spiro atoms. The number of para-hydroxylation sites is 2. The molecule has 3 nitrogen and oxygen atoms in total. The summed E-state index contributed by atoms with van der Waals surface area (Å²) >= 11 is 0. The largest absolute Gasteiger partial charge is 0.455 e. The molecule has 0 amide bonds. The van der Waals surface area contributed by atoms with E-state index in [0.29, 0.717) is 0 Å². The van der Waals surface area contributed by atoms with Gasteiger partial charge in [0.1, 0.15) is 11.2 Å². The van der Waals surface area contributed by atoms with Gasteiger partial charge >= 0.3 is 6.85 Å². The van der Waals surface area contributed by atoms with E-state index in [1.54, 1.807) is 0 Å². The monoisotopic (exact) mass is 530 g/mol. The molecule has 0 radical (unpaired) electrons. The highest BCUT2D eigenvalue weighted by Crippen LogP contribution is 2.48. The topological polar surface area (TPSA) is 23.0 Å². The van der Waals surface area contributed by atoms with Gasteiger partial charge in [0.15, 0.2) is 0 Å². The second-order valence-electron chi connectivity index (χ2n) is 12.0. The SMILES string of the molecule is c1cc2c3c(c1)-n1c4cccc5ccc6ccc(c1c6c54)B3n1c3ccccc3c3c4oc5ccccc5c4cc-2c31. The van der Waals surface area contributed by atoms with Gasteiger partial charge in [0.05, 0.1) is 16.4 Å². The Kier molecular flexibility index (Phi) is 3.17. The lowest BCUT2D eigenvalue weighted by Crippen LogP contribution is -2.55. The second kappa shape index (κ2) is 6.53. The highest BCUT2D eigenvalue weighted by molar-refractivity contribution is 6.90. The number of hydrogen-bond donors (Lipinski definition) is 0. The maximum Gasteiger partial charge on any atom is 0.333 e. The fourth-order valence-corrected chi connectivity index (χ4v) is 8.72. The van der Waals surface area contributed by atoms with Gasteiger partial charge in [0.25, 0.3) is 0 Å². The summed E-state index contributed by atoms with van der Waals surface area (Å²) in [7, 11) is 0. The average Bonchev–Trinajstić information content (AvgIpc) is 3.70. The molecule has 2 aliphatic rings. The fraction of sp³-hybridized carbons (Fsp3) is 0. The summed E-state index contributed by atoms with van der Waals surface area (Å²) in [6.07, 6.45) is 0. The zero-order valence-electron chi connectivity index (χ0n) is 22.3. The maximum absolute atomic E-state index is 6.67. The van der Waals surface area contributed by atoms with Crippen molar-refractivity contribution in [2.75, 3.05) is 0 Å². The minimum Gasteiger partial charge on any atom is -0.455 e. The van der Waals surface area contributed by atoms with Crippen molar-refractivity contribution in [3.05, 3.63) is 115 Å². The molecule has 3 aromatic heterocycles. The molecule has 0 saturated heterocycles. The van der Waals surface area contributed by atoms with E-state index >= 15 is 0 Å². The van der Waals surface area contributed by atoms with Crippen LogP contribution in [0.15, 0.2) is 120 Å². The highest BCUT2D eigenvalue weighted by atomic mass is 16.3. The molecule has 190 valence electrons. The van der Waals surface area contributed by atoms with E-state index in [-0.39, 0.29) is 6.85 Å². The minimum atomic E-state index is 0.0631. The van der Waals surface area contributed by atoms with E-state index in [0.717, 1.165) is 11.2 Å². The van der Waals surface area contributed by atoms with E-state index in [9.17, 15) is 0 Å². The van der Waals surface area contributed by atoms with Crippen LogP contribution in [0.3, 0.4) is 0 Å². The molecule has 0 N–H and O–H groups in total. The Morgan fingerprint density at radius 1 is 0.548 bits per heavy atom. The third kappa shape index (κ3) is 2.02. The van der Waals surface area contributed by atoms with E-state index in [1.807, 2.05) is 0 Å². The minimum absolute atomic E-state index is 0.0631. The first-order valence-corrected chi connectivity index (χ1v) is 14.7. The zero-order chi connectivity index (χ0) is 26.8. The van der Waals surface area contributed by atoms with E-state index < -0.39 is 0 Å². The van der Waals surface area contributed by atoms with Crippen LogP contribution in [-0.2, 0) is 0 Å². The van der Waals surface area contributed by atoms with Gasteiger partial charge in [-0.3, -0.25) is 0 Å². The third-order valence-electron chi connectivity index (χ3n) is 10.2.